The van der Waals surface area contributed by atoms with E-state index < -0.39 is 0 Å². The van der Waals surface area contributed by atoms with Gasteiger partial charge < -0.3 is 4.90 Å². The first-order chi connectivity index (χ1) is 11.2. The highest BCUT2D eigenvalue weighted by Gasteiger charge is 2.20. The molecule has 0 radical (unpaired) electrons. The largest absolute Gasteiger partial charge is 0.334 e. The summed E-state index contributed by atoms with van der Waals surface area (Å²) in [6.07, 6.45) is 10.5. The van der Waals surface area contributed by atoms with Gasteiger partial charge in [-0.25, -0.2) is 9.50 Å². The van der Waals surface area contributed by atoms with E-state index in [0.29, 0.717) is 17.8 Å². The number of rotatable bonds is 5. The van der Waals surface area contributed by atoms with E-state index in [-0.39, 0.29) is 5.91 Å². The smallest absolute Gasteiger partial charge is 0.259 e. The Morgan fingerprint density at radius 1 is 1.26 bits per heavy atom. The van der Waals surface area contributed by atoms with Crippen LogP contribution in [0.15, 0.2) is 30.7 Å². The first-order valence-electron chi connectivity index (χ1n) is 8.21. The molecule has 3 heterocycles. The molecule has 0 saturated carbocycles. The van der Waals surface area contributed by atoms with Crippen LogP contribution in [0.3, 0.4) is 0 Å². The average Bonchev–Trinajstić information content (AvgIpc) is 3.03. The van der Waals surface area contributed by atoms with Crippen molar-refractivity contribution in [2.45, 2.75) is 26.8 Å². The van der Waals surface area contributed by atoms with Crippen molar-refractivity contribution in [1.82, 2.24) is 24.4 Å². The number of amides is 1. The lowest BCUT2D eigenvalue weighted by Gasteiger charge is -2.22. The second kappa shape index (κ2) is 6.91. The van der Waals surface area contributed by atoms with E-state index in [9.17, 15) is 4.79 Å². The third-order valence-corrected chi connectivity index (χ3v) is 4.29. The minimum absolute atomic E-state index is 0.00772. The van der Waals surface area contributed by atoms with E-state index in [1.807, 2.05) is 23.4 Å². The maximum Gasteiger partial charge on any atom is 0.259 e. The number of fused-ring (bicyclic) bond motifs is 1. The molecule has 23 heavy (non-hydrogen) atoms. The van der Waals surface area contributed by atoms with Crippen LogP contribution in [0.4, 0.5) is 0 Å². The van der Waals surface area contributed by atoms with E-state index in [1.165, 1.54) is 0 Å². The molecule has 2 aromatic heterocycles. The highest BCUT2D eigenvalue weighted by atomic mass is 16.2. The predicted molar refractivity (Wildman–Crippen MR) is 89.3 cm³/mol. The van der Waals surface area contributed by atoms with Crippen LogP contribution in [0.2, 0.25) is 0 Å². The number of nitrogens with zero attached hydrogens (tertiary/aromatic N) is 5. The molecule has 0 spiro atoms. The minimum Gasteiger partial charge on any atom is -0.334 e. The highest BCUT2D eigenvalue weighted by Crippen LogP contribution is 2.14. The van der Waals surface area contributed by atoms with Crippen molar-refractivity contribution >= 4 is 11.6 Å². The van der Waals surface area contributed by atoms with E-state index in [4.69, 9.17) is 0 Å². The summed E-state index contributed by atoms with van der Waals surface area (Å²) in [4.78, 5) is 21.3. The quantitative estimate of drug-likeness (QED) is 0.792. The summed E-state index contributed by atoms with van der Waals surface area (Å²) in [5, 5.41) is 4.32. The van der Waals surface area contributed by atoms with Crippen molar-refractivity contribution in [2.24, 2.45) is 0 Å². The van der Waals surface area contributed by atoms with Crippen LogP contribution < -0.4 is 0 Å². The molecule has 0 N–H and O–H groups in total. The molecule has 6 heteroatoms. The maximum atomic E-state index is 12.6. The van der Waals surface area contributed by atoms with Crippen LogP contribution in [0, 0.1) is 0 Å². The molecule has 1 amide bonds. The van der Waals surface area contributed by atoms with Crippen molar-refractivity contribution in [2.75, 3.05) is 26.2 Å². The number of carbonyl (C=O) groups excluding carboxylic acids is 1. The summed E-state index contributed by atoms with van der Waals surface area (Å²) in [7, 11) is 0. The summed E-state index contributed by atoms with van der Waals surface area (Å²) >= 11 is 0. The van der Waals surface area contributed by atoms with Gasteiger partial charge in [0.25, 0.3) is 5.91 Å². The fourth-order valence-corrected chi connectivity index (χ4v) is 2.85. The Bertz CT molecular complexity index is 717. The Balaban J connectivity index is 1.83. The fourth-order valence-electron chi connectivity index (χ4n) is 2.85. The maximum absolute atomic E-state index is 12.6. The molecule has 0 atom stereocenters. The Morgan fingerprint density at radius 2 is 2.09 bits per heavy atom. The lowest BCUT2D eigenvalue weighted by Crippen LogP contribution is -2.33. The fraction of sp³-hybridized carbons (Fsp3) is 0.471. The van der Waals surface area contributed by atoms with E-state index in [0.717, 1.165) is 38.2 Å². The van der Waals surface area contributed by atoms with Crippen molar-refractivity contribution in [3.05, 3.63) is 41.9 Å². The molecule has 0 aromatic carbocycles. The highest BCUT2D eigenvalue weighted by molar-refractivity contribution is 5.99. The first-order valence-corrected chi connectivity index (χ1v) is 8.21. The molecule has 3 rings (SSSR count). The van der Waals surface area contributed by atoms with Crippen molar-refractivity contribution in [3.8, 4) is 0 Å². The Morgan fingerprint density at radius 3 is 2.78 bits per heavy atom. The number of hydrogen-bond acceptors (Lipinski definition) is 4. The van der Waals surface area contributed by atoms with Crippen LogP contribution in [-0.2, 0) is 6.54 Å². The van der Waals surface area contributed by atoms with Crippen molar-refractivity contribution in [3.63, 3.8) is 0 Å². The zero-order valence-electron chi connectivity index (χ0n) is 13.8. The Labute approximate surface area is 136 Å². The number of carbonyl (C=O) groups is 1. The number of hydrogen-bond donors (Lipinski definition) is 0. The molecule has 1 aliphatic rings. The molecule has 0 aliphatic carbocycles. The van der Waals surface area contributed by atoms with Gasteiger partial charge in [0.1, 0.15) is 5.56 Å². The monoisotopic (exact) mass is 313 g/mol. The van der Waals surface area contributed by atoms with Gasteiger partial charge in [-0.15, -0.1) is 0 Å². The zero-order chi connectivity index (χ0) is 16.2. The molecule has 0 fully saturated rings. The number of aromatic nitrogens is 3. The predicted octanol–water partition coefficient (Wildman–Crippen LogP) is 1.97. The standard InChI is InChI=1S/C17H23N5O/c1-3-20(4-2)12-14-10-18-16-15(11-19-22(16)13-14)17(23)21-8-6-5-7-9-21/h5-6,10-11,13H,3-4,7-9,12H2,1-2H3. The zero-order valence-corrected chi connectivity index (χ0v) is 13.8. The van der Waals surface area contributed by atoms with Gasteiger partial charge in [-0.1, -0.05) is 26.0 Å². The minimum atomic E-state index is 0.00772. The topological polar surface area (TPSA) is 53.7 Å². The van der Waals surface area contributed by atoms with Gasteiger partial charge in [-0.3, -0.25) is 9.69 Å². The molecular formula is C17H23N5O. The van der Waals surface area contributed by atoms with Crippen LogP contribution in [0.25, 0.3) is 5.65 Å². The van der Waals surface area contributed by atoms with Gasteiger partial charge in [0.2, 0.25) is 0 Å². The second-order valence-electron chi connectivity index (χ2n) is 5.76. The molecule has 122 valence electrons. The van der Waals surface area contributed by atoms with E-state index in [2.05, 4.69) is 34.9 Å². The molecular weight excluding hydrogens is 290 g/mol. The van der Waals surface area contributed by atoms with Gasteiger partial charge in [0.15, 0.2) is 5.65 Å². The summed E-state index contributed by atoms with van der Waals surface area (Å²) < 4.78 is 1.71. The summed E-state index contributed by atoms with van der Waals surface area (Å²) in [6.45, 7) is 8.55. The Hall–Kier alpha value is -2.21. The average molecular weight is 313 g/mol. The van der Waals surface area contributed by atoms with Crippen LogP contribution >= 0.6 is 0 Å². The lowest BCUT2D eigenvalue weighted by atomic mass is 10.2. The summed E-state index contributed by atoms with van der Waals surface area (Å²) in [6, 6.07) is 0. The molecule has 1 aliphatic heterocycles. The molecule has 0 bridgehead atoms. The molecule has 0 unspecified atom stereocenters. The van der Waals surface area contributed by atoms with Gasteiger partial charge in [0, 0.05) is 37.6 Å². The molecule has 6 nitrogen and oxygen atoms in total. The first kappa shape index (κ1) is 15.7. The van der Waals surface area contributed by atoms with Gasteiger partial charge in [0.05, 0.1) is 6.20 Å². The van der Waals surface area contributed by atoms with Gasteiger partial charge in [-0.2, -0.15) is 5.10 Å². The Kier molecular flexibility index (Phi) is 4.71. The summed E-state index contributed by atoms with van der Waals surface area (Å²) in [5.74, 6) is 0.00772. The van der Waals surface area contributed by atoms with E-state index >= 15 is 0 Å². The second-order valence-corrected chi connectivity index (χ2v) is 5.76. The lowest BCUT2D eigenvalue weighted by molar-refractivity contribution is 0.0772. The molecule has 0 saturated heterocycles. The van der Waals surface area contributed by atoms with Crippen LogP contribution in [-0.4, -0.2) is 56.5 Å². The van der Waals surface area contributed by atoms with Gasteiger partial charge in [-0.05, 0) is 19.5 Å². The van der Waals surface area contributed by atoms with Crippen LogP contribution in [0.1, 0.15) is 36.2 Å². The summed E-state index contributed by atoms with van der Waals surface area (Å²) in [5.41, 5.74) is 2.31. The third kappa shape index (κ3) is 3.27. The SMILES string of the molecule is CCN(CC)Cc1cnc2c(C(=O)N3CC=CCC3)cnn2c1. The van der Waals surface area contributed by atoms with Crippen molar-refractivity contribution < 1.29 is 4.79 Å². The molecule has 2 aromatic rings. The normalized spacial score (nSPS) is 14.8. The van der Waals surface area contributed by atoms with Crippen LogP contribution in [0.5, 0.6) is 0 Å². The van der Waals surface area contributed by atoms with Gasteiger partial charge >= 0.3 is 0 Å². The van der Waals surface area contributed by atoms with Crippen molar-refractivity contribution in [1.29, 1.82) is 0 Å². The van der Waals surface area contributed by atoms with E-state index in [1.54, 1.807) is 10.7 Å². The third-order valence-electron chi connectivity index (χ3n) is 4.29.